The van der Waals surface area contributed by atoms with E-state index < -0.39 is 24.3 Å². The Balaban J connectivity index is 1.59. The zero-order valence-corrected chi connectivity index (χ0v) is 18.4. The fourth-order valence-corrected chi connectivity index (χ4v) is 4.67. The number of hydrogen-bond donors (Lipinski definition) is 1. The summed E-state index contributed by atoms with van der Waals surface area (Å²) >= 11 is 0. The molecule has 2 aromatic heterocycles. The number of rotatable bonds is 5. The van der Waals surface area contributed by atoms with Gasteiger partial charge in [-0.1, -0.05) is 18.2 Å². The first kappa shape index (κ1) is 22.7. The van der Waals surface area contributed by atoms with E-state index >= 15 is 0 Å². The quantitative estimate of drug-likeness (QED) is 0.492. The van der Waals surface area contributed by atoms with E-state index in [0.29, 0.717) is 30.5 Å². The van der Waals surface area contributed by atoms with E-state index in [-0.39, 0.29) is 40.4 Å². The van der Waals surface area contributed by atoms with Crippen molar-refractivity contribution in [2.45, 2.75) is 51.1 Å². The Kier molecular flexibility index (Phi) is 5.54. The fourth-order valence-electron chi connectivity index (χ4n) is 4.67. The number of fused-ring (bicyclic) bond motifs is 3. The van der Waals surface area contributed by atoms with Crippen molar-refractivity contribution in [1.29, 1.82) is 0 Å². The first-order valence-corrected chi connectivity index (χ1v) is 10.9. The maximum absolute atomic E-state index is 14.0. The molecule has 2 fully saturated rings. The number of nitrogens with one attached hydrogen (secondary N) is 1. The van der Waals surface area contributed by atoms with Crippen LogP contribution in [0, 0.1) is 6.92 Å². The lowest BCUT2D eigenvalue weighted by molar-refractivity contribution is -0.140. The van der Waals surface area contributed by atoms with E-state index in [2.05, 4.69) is 20.5 Å². The molecule has 3 atom stereocenters. The van der Waals surface area contributed by atoms with Crippen LogP contribution in [-0.4, -0.2) is 40.5 Å². The minimum Gasteiger partial charge on any atom is -0.374 e. The van der Waals surface area contributed by atoms with Crippen LogP contribution in [0.2, 0.25) is 0 Å². The molecule has 2 saturated heterocycles. The molecular weight excluding hydrogens is 457 g/mol. The molecule has 6 nitrogen and oxygen atoms in total. The van der Waals surface area contributed by atoms with Crippen LogP contribution < -0.4 is 10.2 Å². The average molecular weight is 479 g/mol. The van der Waals surface area contributed by atoms with Crippen LogP contribution >= 0.6 is 0 Å². The number of halogens is 5. The van der Waals surface area contributed by atoms with Crippen molar-refractivity contribution in [1.82, 2.24) is 15.2 Å². The third kappa shape index (κ3) is 4.02. The number of pyridine rings is 1. The Morgan fingerprint density at radius 1 is 1.15 bits per heavy atom. The Hall–Kier alpha value is -3.08. The number of aromatic nitrogens is 3. The summed E-state index contributed by atoms with van der Waals surface area (Å²) in [5.41, 5.74) is -0.164. The highest BCUT2D eigenvalue weighted by Gasteiger charge is 2.44. The molecule has 2 bridgehead atoms. The van der Waals surface area contributed by atoms with Gasteiger partial charge in [0.2, 0.25) is 0 Å². The number of nitrogens with zero attached hydrogens (tertiary/aromatic N) is 4. The summed E-state index contributed by atoms with van der Waals surface area (Å²) < 4.78 is 73.8. The van der Waals surface area contributed by atoms with Gasteiger partial charge in [0.15, 0.2) is 11.5 Å². The van der Waals surface area contributed by atoms with Crippen LogP contribution in [-0.2, 0) is 10.9 Å². The number of ether oxygens (including phenoxy) is 1. The Morgan fingerprint density at radius 2 is 1.91 bits per heavy atom. The van der Waals surface area contributed by atoms with Crippen LogP contribution in [0.5, 0.6) is 0 Å². The second-order valence-corrected chi connectivity index (χ2v) is 8.72. The fraction of sp³-hybridized carbons (Fsp3) is 0.435. The topological polar surface area (TPSA) is 63.2 Å². The summed E-state index contributed by atoms with van der Waals surface area (Å²) in [4.78, 5) is 5.71. The van der Waals surface area contributed by atoms with Gasteiger partial charge in [-0.3, -0.25) is 0 Å². The minimum atomic E-state index is -4.65. The van der Waals surface area contributed by atoms with Crippen LogP contribution in [0.25, 0.3) is 10.9 Å². The van der Waals surface area contributed by atoms with Gasteiger partial charge in [-0.15, -0.1) is 5.10 Å². The molecule has 5 rings (SSSR count). The van der Waals surface area contributed by atoms with Crippen molar-refractivity contribution >= 4 is 22.4 Å². The number of benzene rings is 1. The molecule has 2 unspecified atom stereocenters. The number of anilines is 2. The van der Waals surface area contributed by atoms with Crippen LogP contribution in [0.4, 0.5) is 33.5 Å². The Bertz CT molecular complexity index is 1230. The smallest absolute Gasteiger partial charge is 0.374 e. The number of hydrogen-bond acceptors (Lipinski definition) is 6. The molecule has 11 heteroatoms. The molecule has 0 spiro atoms. The zero-order valence-electron chi connectivity index (χ0n) is 18.4. The van der Waals surface area contributed by atoms with Gasteiger partial charge in [0.25, 0.3) is 6.43 Å². The van der Waals surface area contributed by atoms with Crippen molar-refractivity contribution in [3.8, 4) is 0 Å². The number of morpholine rings is 1. The van der Waals surface area contributed by atoms with Crippen LogP contribution in [0.1, 0.15) is 48.3 Å². The highest BCUT2D eigenvalue weighted by atomic mass is 19.4. The molecule has 0 aliphatic carbocycles. The van der Waals surface area contributed by atoms with Crippen molar-refractivity contribution in [3.63, 3.8) is 0 Å². The maximum atomic E-state index is 14.0. The first-order chi connectivity index (χ1) is 16.1. The summed E-state index contributed by atoms with van der Waals surface area (Å²) in [6, 6.07) is 6.81. The Labute approximate surface area is 192 Å². The van der Waals surface area contributed by atoms with E-state index in [1.165, 1.54) is 24.3 Å². The highest BCUT2D eigenvalue weighted by molar-refractivity contribution is 5.93. The lowest BCUT2D eigenvalue weighted by atomic mass is 10.0. The molecular formula is C23H22F5N5O. The maximum Gasteiger partial charge on any atom is 0.435 e. The first-order valence-electron chi connectivity index (χ1n) is 10.9. The van der Waals surface area contributed by atoms with Crippen molar-refractivity contribution in [2.24, 2.45) is 0 Å². The van der Waals surface area contributed by atoms with Gasteiger partial charge in [-0.2, -0.15) is 18.3 Å². The predicted octanol–water partition coefficient (Wildman–Crippen LogP) is 5.44. The van der Waals surface area contributed by atoms with Crippen molar-refractivity contribution in [3.05, 3.63) is 52.8 Å². The standard InChI is InChI=1S/C23H22F5N5O/c1-11(13-4-3-5-14(6-13)21(24)25)29-22-17-8-18(33-9-16-7-15(33)10-34-16)20(23(26,27)28)30-19(17)12(2)31-32-22/h3-6,8,11,15-16,21H,7,9-10H2,1-2H3,(H,29,32)/t11-,15?,16?/m1/s1. The van der Waals surface area contributed by atoms with E-state index in [4.69, 9.17) is 4.74 Å². The second-order valence-electron chi connectivity index (χ2n) is 8.72. The highest BCUT2D eigenvalue weighted by Crippen LogP contribution is 2.42. The van der Waals surface area contributed by atoms with Gasteiger partial charge in [-0.25, -0.2) is 13.8 Å². The molecule has 0 amide bonds. The van der Waals surface area contributed by atoms with Gasteiger partial charge in [-0.05, 0) is 38.0 Å². The van der Waals surface area contributed by atoms with Crippen LogP contribution in [0.3, 0.4) is 0 Å². The summed E-state index contributed by atoms with van der Waals surface area (Å²) in [5.74, 6) is 0.235. The molecule has 180 valence electrons. The molecule has 0 radical (unpaired) electrons. The largest absolute Gasteiger partial charge is 0.435 e. The van der Waals surface area contributed by atoms with E-state index in [1.54, 1.807) is 24.8 Å². The van der Waals surface area contributed by atoms with Gasteiger partial charge >= 0.3 is 6.18 Å². The third-order valence-corrected chi connectivity index (χ3v) is 6.39. The molecule has 0 saturated carbocycles. The molecule has 2 aliphatic heterocycles. The van der Waals surface area contributed by atoms with Crippen molar-refractivity contribution in [2.75, 3.05) is 23.4 Å². The van der Waals surface area contributed by atoms with Crippen molar-refractivity contribution < 1.29 is 26.7 Å². The van der Waals surface area contributed by atoms with E-state index in [1.807, 2.05) is 0 Å². The molecule has 2 aliphatic rings. The zero-order chi connectivity index (χ0) is 24.2. The molecule has 1 aromatic carbocycles. The lowest BCUT2D eigenvalue weighted by Gasteiger charge is -2.31. The SMILES string of the molecule is Cc1nnc(N[C@H](C)c2cccc(C(F)F)c2)c2cc(N3CC4CC3CO4)c(C(F)(F)F)nc12. The minimum absolute atomic E-state index is 0.0152. The monoisotopic (exact) mass is 479 g/mol. The lowest BCUT2D eigenvalue weighted by Crippen LogP contribution is -2.38. The normalized spacial score (nSPS) is 21.0. The summed E-state index contributed by atoms with van der Waals surface area (Å²) in [6.07, 6.45) is -6.69. The molecule has 4 heterocycles. The molecule has 1 N–H and O–H groups in total. The molecule has 3 aromatic rings. The Morgan fingerprint density at radius 3 is 2.56 bits per heavy atom. The number of alkyl halides is 5. The summed E-state index contributed by atoms with van der Waals surface area (Å²) in [5, 5.41) is 11.7. The molecule has 34 heavy (non-hydrogen) atoms. The summed E-state index contributed by atoms with van der Waals surface area (Å²) in [7, 11) is 0. The predicted molar refractivity (Wildman–Crippen MR) is 116 cm³/mol. The van der Waals surface area contributed by atoms with Crippen LogP contribution in [0.15, 0.2) is 30.3 Å². The van der Waals surface area contributed by atoms with Gasteiger partial charge in [0.1, 0.15) is 0 Å². The van der Waals surface area contributed by atoms with E-state index in [0.717, 1.165) is 0 Å². The van der Waals surface area contributed by atoms with Gasteiger partial charge in [0.05, 0.1) is 41.7 Å². The van der Waals surface area contributed by atoms with Gasteiger partial charge in [0, 0.05) is 17.5 Å². The number of aryl methyl sites for hydroxylation is 1. The summed E-state index contributed by atoms with van der Waals surface area (Å²) in [6.45, 7) is 4.04. The second kappa shape index (κ2) is 8.30. The third-order valence-electron chi connectivity index (χ3n) is 6.39. The van der Waals surface area contributed by atoms with Gasteiger partial charge < -0.3 is 15.0 Å². The van der Waals surface area contributed by atoms with E-state index in [9.17, 15) is 22.0 Å². The average Bonchev–Trinajstić information content (AvgIpc) is 3.43.